The van der Waals surface area contributed by atoms with Crippen molar-refractivity contribution < 1.29 is 38.6 Å². The van der Waals surface area contributed by atoms with Crippen molar-refractivity contribution in [3.8, 4) is 11.5 Å². The van der Waals surface area contributed by atoms with E-state index in [-0.39, 0.29) is 18.1 Å². The molecule has 222 valence electrons. The van der Waals surface area contributed by atoms with Crippen molar-refractivity contribution in [3.63, 3.8) is 0 Å². The Morgan fingerprint density at radius 3 is 2.57 bits per heavy atom. The third-order valence-electron chi connectivity index (χ3n) is 6.24. The van der Waals surface area contributed by atoms with E-state index in [1.807, 2.05) is 18.2 Å². The molecule has 6 atom stereocenters. The topological polar surface area (TPSA) is 185 Å². The summed E-state index contributed by atoms with van der Waals surface area (Å²) in [4.78, 5) is 50.7. The number of H-pyrrole nitrogens is 1. The highest BCUT2D eigenvalue weighted by Gasteiger charge is 2.54. The lowest BCUT2D eigenvalue weighted by molar-refractivity contribution is -0.169. The van der Waals surface area contributed by atoms with Crippen LogP contribution in [0, 0.1) is 0 Å². The Hall–Kier alpha value is -3.84. The molecule has 0 radical (unpaired) electrons. The lowest BCUT2D eigenvalue weighted by atomic mass is 9.96. The van der Waals surface area contributed by atoms with Gasteiger partial charge in [0.1, 0.15) is 25.4 Å². The molecule has 13 nitrogen and oxygen atoms in total. The first-order valence-electron chi connectivity index (χ1n) is 12.6. The zero-order valence-corrected chi connectivity index (χ0v) is 23.8. The first-order chi connectivity index (χ1) is 20.1. The molecule has 1 aliphatic rings. The van der Waals surface area contributed by atoms with Gasteiger partial charge >= 0.3 is 19.8 Å². The van der Waals surface area contributed by atoms with Crippen molar-refractivity contribution in [1.29, 1.82) is 0 Å². The van der Waals surface area contributed by atoms with Crippen LogP contribution in [0.15, 0.2) is 92.8 Å². The van der Waals surface area contributed by atoms with Crippen LogP contribution in [-0.2, 0) is 20.9 Å². The second-order valence-corrected chi connectivity index (χ2v) is 10.3. The summed E-state index contributed by atoms with van der Waals surface area (Å²) in [5, 5.41) is 21.6. The van der Waals surface area contributed by atoms with Crippen LogP contribution in [-0.4, -0.2) is 56.2 Å². The van der Waals surface area contributed by atoms with Crippen molar-refractivity contribution in [2.45, 2.75) is 43.6 Å². The van der Waals surface area contributed by atoms with Crippen LogP contribution in [0.25, 0.3) is 0 Å². The van der Waals surface area contributed by atoms with Crippen LogP contribution in [0.5, 0.6) is 11.5 Å². The van der Waals surface area contributed by atoms with Gasteiger partial charge in [0, 0.05) is 17.8 Å². The number of aromatic nitrogens is 2. The minimum Gasteiger partial charge on any atom is -0.575 e. The molecule has 2 aromatic carbocycles. The van der Waals surface area contributed by atoms with Gasteiger partial charge in [-0.3, -0.25) is 18.9 Å². The maximum absolute atomic E-state index is 12.6. The molecule has 0 bridgehead atoms. The fraction of sp³-hybridized carbons (Fsp3) is 0.296. The van der Waals surface area contributed by atoms with Gasteiger partial charge < -0.3 is 29.3 Å². The van der Waals surface area contributed by atoms with E-state index in [0.29, 0.717) is 0 Å². The van der Waals surface area contributed by atoms with E-state index in [0.717, 1.165) is 27.9 Å². The molecule has 0 amide bonds. The predicted octanol–water partition coefficient (Wildman–Crippen LogP) is 1.72. The minimum atomic E-state index is -2.74. The molecule has 1 saturated heterocycles. The molecule has 4 rings (SSSR count). The predicted molar refractivity (Wildman–Crippen MR) is 149 cm³/mol. The van der Waals surface area contributed by atoms with E-state index in [9.17, 15) is 29.5 Å². The first kappa shape index (κ1) is 31.1. The van der Waals surface area contributed by atoms with Crippen molar-refractivity contribution in [1.82, 2.24) is 9.55 Å². The molecule has 0 aliphatic carbocycles. The largest absolute Gasteiger partial charge is 0.575 e. The molecule has 0 saturated carbocycles. The van der Waals surface area contributed by atoms with Gasteiger partial charge in [-0.25, -0.2) is 9.59 Å². The fourth-order valence-corrected chi connectivity index (χ4v) is 5.01. The summed E-state index contributed by atoms with van der Waals surface area (Å²) in [6.07, 6.45) is -2.29. The average Bonchev–Trinajstić information content (AvgIpc) is 3.21. The summed E-state index contributed by atoms with van der Waals surface area (Å²) < 4.78 is 27.1. The van der Waals surface area contributed by atoms with E-state index >= 15 is 0 Å². The number of nitrogens with one attached hydrogen (secondary N) is 1. The molecule has 1 aromatic heterocycles. The molecule has 1 aliphatic heterocycles. The Labute approximate surface area is 245 Å². The van der Waals surface area contributed by atoms with Crippen LogP contribution in [0.1, 0.15) is 18.7 Å². The van der Waals surface area contributed by atoms with Crippen molar-refractivity contribution in [2.75, 3.05) is 6.61 Å². The zero-order chi connectivity index (χ0) is 30.3. The summed E-state index contributed by atoms with van der Waals surface area (Å²) in [5.41, 5.74) is -1.44. The highest BCUT2D eigenvalue weighted by atomic mass is 35.5. The number of hydrogen-bond acceptors (Lipinski definition) is 11. The average molecular weight is 620 g/mol. The number of aromatic amines is 1. The van der Waals surface area contributed by atoms with E-state index in [4.69, 9.17) is 30.3 Å². The van der Waals surface area contributed by atoms with Gasteiger partial charge in [0.15, 0.2) is 23.6 Å². The first-order valence-corrected chi connectivity index (χ1v) is 14.1. The second kappa shape index (κ2) is 13.9. The summed E-state index contributed by atoms with van der Waals surface area (Å²) >= 11 is 5.80. The lowest BCUT2D eigenvalue weighted by Crippen LogP contribution is -2.46. The van der Waals surface area contributed by atoms with Crippen LogP contribution in [0.4, 0.5) is 0 Å². The summed E-state index contributed by atoms with van der Waals surface area (Å²) in [6, 6.07) is 15.1. The molecule has 2 unspecified atom stereocenters. The zero-order valence-electron chi connectivity index (χ0n) is 22.1. The van der Waals surface area contributed by atoms with E-state index in [2.05, 4.69) is 9.73 Å². The van der Waals surface area contributed by atoms with Crippen molar-refractivity contribution in [3.05, 3.63) is 105 Å². The highest BCUT2D eigenvalue weighted by molar-refractivity contribution is 7.34. The maximum Gasteiger partial charge on any atom is 0.395 e. The Bertz CT molecular complexity index is 1560. The minimum absolute atomic E-state index is 0.00124. The number of aliphatic hydroxyl groups is 2. The van der Waals surface area contributed by atoms with Gasteiger partial charge in [0.2, 0.25) is 5.75 Å². The fourth-order valence-electron chi connectivity index (χ4n) is 4.05. The number of carbonyl (C=O) groups is 1. The number of rotatable bonds is 11. The number of halogens is 1. The van der Waals surface area contributed by atoms with Crippen LogP contribution in [0.3, 0.4) is 0 Å². The number of hydrogen-bond donors (Lipinski definition) is 3. The van der Waals surface area contributed by atoms with Crippen molar-refractivity contribution in [2.24, 2.45) is 4.74 Å². The number of para-hydroxylation sites is 2. The number of benzene rings is 2. The standard InChI is InChI=1S/C27H27ClN3O10P/c1-17(25(35)38-15-18-7-3-2-4-8-18)30-42(37)41-20-10-6-5-9-19(20)39-16-27(12-13-28)23(34)22(33)24(40-27)31-14-11-21(32)29-26(31)36/h2-14,17,22-24,33-34H,15-16H2,1H3,(H,29,32,36)/b13-12-/t17?,22-,23+,24-,27-/m1/s1. The molecule has 3 N–H and O–H groups in total. The lowest BCUT2D eigenvalue weighted by Gasteiger charge is -2.28. The number of aliphatic hydroxyl groups excluding tert-OH is 2. The van der Waals surface area contributed by atoms with Crippen LogP contribution in [0.2, 0.25) is 0 Å². The van der Waals surface area contributed by atoms with Gasteiger partial charge in [-0.15, -0.1) is 0 Å². The molecule has 0 spiro atoms. The number of ether oxygens (including phenoxy) is 3. The normalized spacial score (nSPS) is 23.1. The monoisotopic (exact) mass is 619 g/mol. The summed E-state index contributed by atoms with van der Waals surface area (Å²) in [7, 11) is -2.74. The van der Waals surface area contributed by atoms with Gasteiger partial charge in [-0.05, 0) is 30.7 Å². The molecule has 42 heavy (non-hydrogen) atoms. The molecule has 1 fully saturated rings. The Kier molecular flexibility index (Phi) is 10.3. The summed E-state index contributed by atoms with van der Waals surface area (Å²) in [5.74, 6) is -0.626. The maximum atomic E-state index is 12.6. The molecule has 3 aromatic rings. The van der Waals surface area contributed by atoms with Gasteiger partial charge in [-0.2, -0.15) is 0 Å². The number of carbonyl (C=O) groups excluding carboxylic acids is 1. The molecule has 2 heterocycles. The number of nitrogens with zero attached hydrogens (tertiary/aromatic N) is 2. The van der Waals surface area contributed by atoms with Crippen molar-refractivity contribution >= 4 is 25.7 Å². The second-order valence-electron chi connectivity index (χ2n) is 9.16. The quantitative estimate of drug-likeness (QED) is 0.211. The van der Waals surface area contributed by atoms with Crippen LogP contribution >= 0.6 is 19.8 Å². The number of esters is 1. The Morgan fingerprint density at radius 2 is 1.88 bits per heavy atom. The van der Waals surface area contributed by atoms with Gasteiger partial charge in [0.05, 0.1) is 0 Å². The molecular weight excluding hydrogens is 593 g/mol. The van der Waals surface area contributed by atoms with E-state index < -0.39 is 62.1 Å². The SMILES string of the molecule is CC(N=[P+]([O-])Oc1ccccc1OC[C@@]1(/C=C\Cl)O[C@@H](n2ccc(=O)[nH]c2=O)[C@H](O)[C@@H]1O)C(=O)OCc1ccccc1. The van der Waals surface area contributed by atoms with Crippen LogP contribution < -0.4 is 25.4 Å². The Balaban J connectivity index is 1.45. The third-order valence-corrected chi connectivity index (χ3v) is 7.25. The molecule has 15 heteroatoms. The summed E-state index contributed by atoms with van der Waals surface area (Å²) in [6.45, 7) is 1.01. The highest BCUT2D eigenvalue weighted by Crippen LogP contribution is 2.40. The van der Waals surface area contributed by atoms with Gasteiger partial charge in [-0.1, -0.05) is 58.8 Å². The third kappa shape index (κ3) is 7.32. The van der Waals surface area contributed by atoms with E-state index in [1.54, 1.807) is 24.3 Å². The Morgan fingerprint density at radius 1 is 1.19 bits per heavy atom. The molecular formula is C27H27ClN3O10P. The van der Waals surface area contributed by atoms with Gasteiger partial charge in [0.25, 0.3) is 5.56 Å². The smallest absolute Gasteiger partial charge is 0.395 e. The van der Waals surface area contributed by atoms with E-state index in [1.165, 1.54) is 25.1 Å².